The lowest BCUT2D eigenvalue weighted by molar-refractivity contribution is -0.140. The molecule has 0 aromatic heterocycles. The normalized spacial score (nSPS) is 14.1. The minimum atomic E-state index is -4.16. The molecule has 0 bridgehead atoms. The highest BCUT2D eigenvalue weighted by molar-refractivity contribution is 7.92. The van der Waals surface area contributed by atoms with Gasteiger partial charge in [-0.1, -0.05) is 97.6 Å². The summed E-state index contributed by atoms with van der Waals surface area (Å²) in [4.78, 5) is 30.7. The number of methoxy groups -OCH3 is 1. The number of carbonyl (C=O) groups is 2. The second-order valence-corrected chi connectivity index (χ2v) is 14.4. The fourth-order valence-corrected chi connectivity index (χ4v) is 7.88. The van der Waals surface area contributed by atoms with Gasteiger partial charge in [0.1, 0.15) is 18.3 Å². The summed E-state index contributed by atoms with van der Waals surface area (Å²) in [5, 5.41) is 3.25. The molecule has 2 amide bonds. The number of hydrogen-bond acceptors (Lipinski definition) is 5. The van der Waals surface area contributed by atoms with Crippen LogP contribution in [0.25, 0.3) is 0 Å². The second kappa shape index (κ2) is 16.0. The zero-order valence-electron chi connectivity index (χ0n) is 28.0. The van der Waals surface area contributed by atoms with Gasteiger partial charge >= 0.3 is 0 Å². The van der Waals surface area contributed by atoms with Crippen LogP contribution in [0.2, 0.25) is 0 Å². The van der Waals surface area contributed by atoms with E-state index in [2.05, 4.69) is 5.32 Å². The van der Waals surface area contributed by atoms with Gasteiger partial charge in [0.05, 0.1) is 17.7 Å². The lowest BCUT2D eigenvalue weighted by Gasteiger charge is -2.35. The Kier molecular flexibility index (Phi) is 11.5. The average molecular weight is 668 g/mol. The van der Waals surface area contributed by atoms with Crippen molar-refractivity contribution in [3.63, 3.8) is 0 Å². The van der Waals surface area contributed by atoms with E-state index < -0.39 is 28.5 Å². The Hall–Kier alpha value is -4.63. The maximum absolute atomic E-state index is 14.8. The quantitative estimate of drug-likeness (QED) is 0.174. The molecule has 0 spiro atoms. The summed E-state index contributed by atoms with van der Waals surface area (Å²) < 4.78 is 35.2. The molecular formula is C39H45N3O5S. The third-order valence-electron chi connectivity index (χ3n) is 8.94. The van der Waals surface area contributed by atoms with Gasteiger partial charge in [-0.2, -0.15) is 0 Å². The van der Waals surface area contributed by atoms with Crippen molar-refractivity contribution < 1.29 is 22.7 Å². The number of nitrogens with zero attached hydrogens (tertiary/aromatic N) is 2. The molecule has 4 aromatic carbocycles. The van der Waals surface area contributed by atoms with Crippen LogP contribution in [-0.2, 0) is 32.6 Å². The number of rotatable bonds is 13. The minimum absolute atomic E-state index is 0.0310. The summed E-state index contributed by atoms with van der Waals surface area (Å²) in [5.41, 5.74) is 3.76. The number of carbonyl (C=O) groups excluding carboxylic acids is 2. The van der Waals surface area contributed by atoms with Crippen LogP contribution in [-0.4, -0.2) is 50.9 Å². The molecule has 48 heavy (non-hydrogen) atoms. The third kappa shape index (κ3) is 8.63. The number of benzene rings is 4. The molecule has 1 aliphatic rings. The van der Waals surface area contributed by atoms with Gasteiger partial charge in [-0.3, -0.25) is 13.9 Å². The summed E-state index contributed by atoms with van der Waals surface area (Å²) >= 11 is 0. The van der Waals surface area contributed by atoms with Crippen LogP contribution < -0.4 is 14.4 Å². The lowest BCUT2D eigenvalue weighted by atomic mass is 9.94. The van der Waals surface area contributed by atoms with Crippen LogP contribution in [0.5, 0.6) is 5.75 Å². The highest BCUT2D eigenvalue weighted by atomic mass is 32.2. The van der Waals surface area contributed by atoms with E-state index in [1.807, 2.05) is 80.6 Å². The molecule has 1 fully saturated rings. The molecule has 0 saturated heterocycles. The van der Waals surface area contributed by atoms with E-state index in [0.717, 1.165) is 54.4 Å². The first kappa shape index (κ1) is 34.7. The molecule has 0 radical (unpaired) electrons. The van der Waals surface area contributed by atoms with Gasteiger partial charge in [0.2, 0.25) is 11.8 Å². The maximum atomic E-state index is 14.8. The maximum Gasteiger partial charge on any atom is 0.264 e. The Morgan fingerprint density at radius 1 is 0.833 bits per heavy atom. The van der Waals surface area contributed by atoms with Gasteiger partial charge in [0.25, 0.3) is 10.0 Å². The topological polar surface area (TPSA) is 96.0 Å². The molecule has 252 valence electrons. The molecule has 1 saturated carbocycles. The molecule has 1 N–H and O–H groups in total. The molecular weight excluding hydrogens is 623 g/mol. The average Bonchev–Trinajstić information content (AvgIpc) is 3.10. The van der Waals surface area contributed by atoms with E-state index in [1.165, 1.54) is 21.3 Å². The molecule has 1 atom stereocenters. The van der Waals surface area contributed by atoms with Crippen molar-refractivity contribution in [2.75, 3.05) is 18.0 Å². The highest BCUT2D eigenvalue weighted by Crippen LogP contribution is 2.29. The predicted molar refractivity (Wildman–Crippen MR) is 189 cm³/mol. The molecule has 8 nitrogen and oxygen atoms in total. The Bertz CT molecular complexity index is 1790. The van der Waals surface area contributed by atoms with Gasteiger partial charge in [0.15, 0.2) is 0 Å². The van der Waals surface area contributed by atoms with Crippen molar-refractivity contribution >= 4 is 27.5 Å². The molecule has 5 rings (SSSR count). The number of sulfonamides is 1. The minimum Gasteiger partial charge on any atom is -0.497 e. The summed E-state index contributed by atoms with van der Waals surface area (Å²) in [5.74, 6) is -0.113. The Balaban J connectivity index is 1.58. The largest absolute Gasteiger partial charge is 0.497 e. The first-order valence-electron chi connectivity index (χ1n) is 16.6. The van der Waals surface area contributed by atoms with Gasteiger partial charge in [-0.05, 0) is 73.7 Å². The van der Waals surface area contributed by atoms with Crippen LogP contribution in [0.4, 0.5) is 5.69 Å². The summed E-state index contributed by atoms with van der Waals surface area (Å²) in [6.07, 6.45) is 5.29. The number of ether oxygens (including phenoxy) is 1. The SMILES string of the molecule is COc1cccc(CN(C(=O)CN(c2ccc(C)cc2C)S(=O)(=O)c2ccccc2)C(Cc2ccccc2)C(=O)NC2CCCCC2)c1. The van der Waals surface area contributed by atoms with Gasteiger partial charge in [-0.15, -0.1) is 0 Å². The zero-order chi connectivity index (χ0) is 34.1. The number of hydrogen-bond donors (Lipinski definition) is 1. The first-order chi connectivity index (χ1) is 23.2. The van der Waals surface area contributed by atoms with Crippen LogP contribution in [0.1, 0.15) is 54.4 Å². The first-order valence-corrected chi connectivity index (χ1v) is 18.0. The number of nitrogens with one attached hydrogen (secondary N) is 1. The van der Waals surface area contributed by atoms with Crippen LogP contribution in [0.15, 0.2) is 108 Å². The van der Waals surface area contributed by atoms with Crippen molar-refractivity contribution in [2.45, 2.75) is 75.9 Å². The second-order valence-electron chi connectivity index (χ2n) is 12.5. The van der Waals surface area contributed by atoms with E-state index in [1.54, 1.807) is 31.4 Å². The van der Waals surface area contributed by atoms with E-state index >= 15 is 0 Å². The predicted octanol–water partition coefficient (Wildman–Crippen LogP) is 6.60. The Labute approximate surface area is 284 Å². The van der Waals surface area contributed by atoms with E-state index in [0.29, 0.717) is 11.4 Å². The summed E-state index contributed by atoms with van der Waals surface area (Å²) in [7, 11) is -2.59. The van der Waals surface area contributed by atoms with Crippen LogP contribution in [0.3, 0.4) is 0 Å². The van der Waals surface area contributed by atoms with Gasteiger partial charge in [-0.25, -0.2) is 8.42 Å². The standard InChI is InChI=1S/C39H45N3O5S/c1-29-22-23-36(30(2)24-29)42(48(45,46)35-20-11-6-12-21-35)28-38(43)41(27-32-16-13-19-34(25-32)47-3)37(26-31-14-7-4-8-15-31)39(44)40-33-17-9-5-10-18-33/h4,6-8,11-16,19-25,33,37H,5,9-10,17-18,26-28H2,1-3H3,(H,40,44). The van der Waals surface area contributed by atoms with Crippen molar-refractivity contribution in [1.29, 1.82) is 0 Å². The molecule has 1 aliphatic carbocycles. The fraction of sp³-hybridized carbons (Fsp3) is 0.333. The van der Waals surface area contributed by atoms with E-state index in [-0.39, 0.29) is 29.8 Å². The van der Waals surface area contributed by atoms with E-state index in [4.69, 9.17) is 4.74 Å². The summed E-state index contributed by atoms with van der Waals surface area (Å²) in [6, 6.07) is 29.7. The number of amides is 2. The smallest absolute Gasteiger partial charge is 0.264 e. The Morgan fingerprint density at radius 2 is 1.50 bits per heavy atom. The van der Waals surface area contributed by atoms with Crippen molar-refractivity contribution in [3.05, 3.63) is 125 Å². The third-order valence-corrected chi connectivity index (χ3v) is 10.7. The zero-order valence-corrected chi connectivity index (χ0v) is 28.8. The van der Waals surface area contributed by atoms with E-state index in [9.17, 15) is 18.0 Å². The molecule has 1 unspecified atom stereocenters. The Morgan fingerprint density at radius 3 is 2.17 bits per heavy atom. The van der Waals surface area contributed by atoms with Crippen LogP contribution in [0, 0.1) is 13.8 Å². The van der Waals surface area contributed by atoms with Gasteiger partial charge < -0.3 is 15.0 Å². The summed E-state index contributed by atoms with van der Waals surface area (Å²) in [6.45, 7) is 3.36. The van der Waals surface area contributed by atoms with Crippen molar-refractivity contribution in [2.24, 2.45) is 0 Å². The monoisotopic (exact) mass is 667 g/mol. The fourth-order valence-electron chi connectivity index (χ4n) is 6.38. The number of aryl methyl sites for hydroxylation is 2. The number of anilines is 1. The molecule has 0 aliphatic heterocycles. The molecule has 0 heterocycles. The van der Waals surface area contributed by atoms with Crippen LogP contribution >= 0.6 is 0 Å². The molecule has 9 heteroatoms. The van der Waals surface area contributed by atoms with Gasteiger partial charge in [0, 0.05) is 19.0 Å². The van der Waals surface area contributed by atoms with Crippen molar-refractivity contribution in [1.82, 2.24) is 10.2 Å². The highest BCUT2D eigenvalue weighted by Gasteiger charge is 2.36. The van der Waals surface area contributed by atoms with Crippen molar-refractivity contribution in [3.8, 4) is 5.75 Å². The molecule has 4 aromatic rings. The lowest BCUT2D eigenvalue weighted by Crippen LogP contribution is -2.55.